The van der Waals surface area contributed by atoms with Crippen molar-refractivity contribution in [1.29, 1.82) is 0 Å². The Morgan fingerprint density at radius 3 is 2.63 bits per heavy atom. The summed E-state index contributed by atoms with van der Waals surface area (Å²) in [7, 11) is -2.18. The predicted octanol–water partition coefficient (Wildman–Crippen LogP) is -0.507. The fourth-order valence-corrected chi connectivity index (χ4v) is 2.77. The quantitative estimate of drug-likeness (QED) is 0.293. The molecule has 0 aromatic heterocycles. The first kappa shape index (κ1) is 15.9. The Hall–Kier alpha value is -1.19. The molecule has 0 atom stereocenters. The van der Waals surface area contributed by atoms with Crippen LogP contribution in [-0.4, -0.2) is 27.2 Å². The van der Waals surface area contributed by atoms with Gasteiger partial charge >= 0.3 is 0 Å². The zero-order valence-corrected chi connectivity index (χ0v) is 12.0. The van der Waals surface area contributed by atoms with E-state index in [4.69, 9.17) is 22.3 Å². The Balaban J connectivity index is 3.55. The van der Waals surface area contributed by atoms with Gasteiger partial charge in [-0.1, -0.05) is 18.5 Å². The van der Waals surface area contributed by atoms with Gasteiger partial charge in [-0.25, -0.2) is 19.1 Å². The van der Waals surface area contributed by atoms with Crippen LogP contribution in [0.1, 0.15) is 17.3 Å². The van der Waals surface area contributed by atoms with Crippen LogP contribution in [-0.2, 0) is 14.7 Å². The van der Waals surface area contributed by atoms with E-state index < -0.39 is 15.7 Å². The average Bonchev–Trinajstić information content (AvgIpc) is 2.39. The van der Waals surface area contributed by atoms with Crippen molar-refractivity contribution in [2.24, 2.45) is 5.84 Å². The number of sulfone groups is 1. The Morgan fingerprint density at radius 1 is 1.53 bits per heavy atom. The second kappa shape index (κ2) is 6.31. The average molecular weight is 309 g/mol. The predicted molar refractivity (Wildman–Crippen MR) is 69.4 cm³/mol. The van der Waals surface area contributed by atoms with Crippen molar-refractivity contribution < 1.29 is 23.5 Å². The number of hydrogen-bond acceptors (Lipinski definition) is 5. The fourth-order valence-electron chi connectivity index (χ4n) is 1.45. The maximum absolute atomic E-state index is 12.0. The highest BCUT2D eigenvalue weighted by atomic mass is 35.5. The van der Waals surface area contributed by atoms with Crippen molar-refractivity contribution >= 4 is 33.0 Å². The van der Waals surface area contributed by atoms with Gasteiger partial charge in [0.1, 0.15) is 5.02 Å². The van der Waals surface area contributed by atoms with Crippen LogP contribution in [0.15, 0.2) is 17.0 Å². The molecule has 0 saturated heterocycles. The Kier molecular flexibility index (Phi) is 5.27. The number of rotatable bonds is 5. The van der Waals surface area contributed by atoms with E-state index in [9.17, 15) is 13.2 Å². The topological polar surface area (TPSA) is 115 Å². The maximum atomic E-state index is 12.0. The minimum atomic E-state index is -3.59. The molecule has 0 fully saturated rings. The first-order chi connectivity index (χ1) is 8.87. The lowest BCUT2D eigenvalue weighted by atomic mass is 10.2. The van der Waals surface area contributed by atoms with Crippen LogP contribution >= 0.6 is 11.6 Å². The van der Waals surface area contributed by atoms with Crippen LogP contribution in [0.3, 0.4) is 0 Å². The number of quaternary nitrogens is 1. The molecular formula is C10H15ClN3O4S+. The van der Waals surface area contributed by atoms with E-state index in [1.165, 1.54) is 31.6 Å². The van der Waals surface area contributed by atoms with Crippen molar-refractivity contribution in [3.63, 3.8) is 0 Å². The summed E-state index contributed by atoms with van der Waals surface area (Å²) >= 11 is 5.95. The fraction of sp³-hybridized carbons (Fsp3) is 0.300. The number of carbonyl (C=O) groups excluding carboxylic acids is 1. The number of hydrazine groups is 1. The molecule has 1 aromatic carbocycles. The summed E-state index contributed by atoms with van der Waals surface area (Å²) < 4.78 is 24.0. The van der Waals surface area contributed by atoms with Crippen molar-refractivity contribution in [2.75, 3.05) is 12.9 Å². The molecule has 0 aliphatic heterocycles. The van der Waals surface area contributed by atoms with Gasteiger partial charge in [0.05, 0.1) is 23.3 Å². The number of amides is 1. The van der Waals surface area contributed by atoms with Crippen molar-refractivity contribution in [3.05, 3.63) is 22.7 Å². The van der Waals surface area contributed by atoms with E-state index in [2.05, 4.69) is 0 Å². The van der Waals surface area contributed by atoms with Gasteiger partial charge in [0, 0.05) is 6.07 Å². The summed E-state index contributed by atoms with van der Waals surface area (Å²) in [5.74, 6) is 4.16. The van der Waals surface area contributed by atoms with Gasteiger partial charge in [0.2, 0.25) is 0 Å². The Bertz CT molecular complexity index is 589. The molecule has 106 valence electrons. The van der Waals surface area contributed by atoms with Gasteiger partial charge in [0.15, 0.2) is 15.5 Å². The third-order valence-corrected chi connectivity index (χ3v) is 4.53. The smallest absolute Gasteiger partial charge is 0.266 e. The van der Waals surface area contributed by atoms with E-state index in [0.717, 1.165) is 0 Å². The van der Waals surface area contributed by atoms with Gasteiger partial charge in [-0.05, 0) is 6.07 Å². The molecule has 1 rings (SSSR count). The standard InChI is InChI=1S/C10H14ClN3O4S/c1-3-19(16,17)9-5-8(14-18-2)7(11)4-6(9)10(15)13-12/h4-5,14H,3,12H2,1-2H3,(H,13,15)/p+1. The van der Waals surface area contributed by atoms with Gasteiger partial charge in [-0.15, -0.1) is 0 Å². The van der Waals surface area contributed by atoms with Crippen LogP contribution < -0.4 is 16.7 Å². The molecule has 1 amide bonds. The lowest BCUT2D eigenvalue weighted by molar-refractivity contribution is -0.830. The molecule has 0 unspecified atom stereocenters. The van der Waals surface area contributed by atoms with Gasteiger partial charge < -0.3 is 0 Å². The number of benzene rings is 1. The van der Waals surface area contributed by atoms with Crippen molar-refractivity contribution in [3.8, 4) is 0 Å². The number of nitrogens with one attached hydrogen (secondary N) is 1. The third kappa shape index (κ3) is 3.43. The number of hydrogen-bond donors (Lipinski definition) is 3. The molecule has 0 spiro atoms. The highest BCUT2D eigenvalue weighted by molar-refractivity contribution is 7.91. The van der Waals surface area contributed by atoms with Crippen LogP contribution in [0.2, 0.25) is 5.02 Å². The molecule has 19 heavy (non-hydrogen) atoms. The lowest BCUT2D eigenvalue weighted by Crippen LogP contribution is -2.76. The molecule has 0 aliphatic rings. The van der Waals surface area contributed by atoms with E-state index in [1.54, 1.807) is 0 Å². The van der Waals surface area contributed by atoms with Crippen LogP contribution in [0.25, 0.3) is 0 Å². The lowest BCUT2D eigenvalue weighted by Gasteiger charge is -2.10. The van der Waals surface area contributed by atoms with E-state index in [0.29, 0.717) is 5.69 Å². The molecule has 5 N–H and O–H groups in total. The molecule has 0 radical (unpaired) electrons. The summed E-state index contributed by atoms with van der Waals surface area (Å²) in [5.41, 5.74) is 3.46. The summed E-state index contributed by atoms with van der Waals surface area (Å²) in [6.07, 6.45) is 0. The third-order valence-electron chi connectivity index (χ3n) is 2.43. The molecule has 0 heterocycles. The molecule has 9 heteroatoms. The highest BCUT2D eigenvalue weighted by Gasteiger charge is 2.24. The molecule has 7 nitrogen and oxygen atoms in total. The summed E-state index contributed by atoms with van der Waals surface area (Å²) in [4.78, 5) is 16.3. The van der Waals surface area contributed by atoms with Crippen LogP contribution in [0, 0.1) is 0 Å². The number of nitrogen functional groups attached to an aromatic ring is 1. The minimum Gasteiger partial charge on any atom is -0.290 e. The SMILES string of the molecule is CCS(=O)(=O)c1cc([NH2+]OC)c(Cl)cc1C(=O)NN. The summed E-state index contributed by atoms with van der Waals surface area (Å²) in [6, 6.07) is 2.53. The number of halogens is 1. The molecular weight excluding hydrogens is 294 g/mol. The maximum Gasteiger partial charge on any atom is 0.266 e. The summed E-state index contributed by atoms with van der Waals surface area (Å²) in [6.45, 7) is 1.48. The van der Waals surface area contributed by atoms with Gasteiger partial charge in [-0.2, -0.15) is 5.48 Å². The zero-order valence-electron chi connectivity index (χ0n) is 10.4. The highest BCUT2D eigenvalue weighted by Crippen LogP contribution is 2.26. The largest absolute Gasteiger partial charge is 0.290 e. The Labute approximate surface area is 115 Å². The molecule has 0 saturated carbocycles. The second-order valence-electron chi connectivity index (χ2n) is 3.60. The van der Waals surface area contributed by atoms with Crippen LogP contribution in [0.5, 0.6) is 0 Å². The molecule has 1 aromatic rings. The normalized spacial score (nSPS) is 11.4. The second-order valence-corrected chi connectivity index (χ2v) is 6.25. The molecule has 0 aliphatic carbocycles. The van der Waals surface area contributed by atoms with Crippen molar-refractivity contribution in [2.45, 2.75) is 11.8 Å². The van der Waals surface area contributed by atoms with E-state index in [-0.39, 0.29) is 21.2 Å². The molecule has 0 bridgehead atoms. The first-order valence-electron chi connectivity index (χ1n) is 5.30. The zero-order chi connectivity index (χ0) is 14.6. The monoisotopic (exact) mass is 308 g/mol. The van der Waals surface area contributed by atoms with E-state index >= 15 is 0 Å². The summed E-state index contributed by atoms with van der Waals surface area (Å²) in [5, 5.41) is 0.190. The number of nitrogens with two attached hydrogens (primary N) is 2. The van der Waals surface area contributed by atoms with Gasteiger partial charge in [-0.3, -0.25) is 10.2 Å². The van der Waals surface area contributed by atoms with Crippen LogP contribution in [0.4, 0.5) is 5.69 Å². The minimum absolute atomic E-state index is 0.0948. The van der Waals surface area contributed by atoms with Crippen molar-refractivity contribution in [1.82, 2.24) is 5.43 Å². The van der Waals surface area contributed by atoms with E-state index in [1.807, 2.05) is 5.43 Å². The van der Waals surface area contributed by atoms with Gasteiger partial charge in [0.25, 0.3) is 5.91 Å². The Morgan fingerprint density at radius 2 is 2.16 bits per heavy atom. The number of carbonyl (C=O) groups is 1. The first-order valence-corrected chi connectivity index (χ1v) is 7.33.